The van der Waals surface area contributed by atoms with Crippen LogP contribution in [-0.4, -0.2) is 22.3 Å². The van der Waals surface area contributed by atoms with E-state index in [4.69, 9.17) is 0 Å². The first kappa shape index (κ1) is 14.7. The summed E-state index contributed by atoms with van der Waals surface area (Å²) in [5.41, 5.74) is 4.61. The first-order valence-electron chi connectivity index (χ1n) is 8.39. The van der Waals surface area contributed by atoms with Gasteiger partial charge < -0.3 is 0 Å². The van der Waals surface area contributed by atoms with Crippen LogP contribution in [-0.2, 0) is 9.59 Å². The highest BCUT2D eigenvalue weighted by molar-refractivity contribution is 6.08. The zero-order valence-electron chi connectivity index (χ0n) is 14.4. The van der Waals surface area contributed by atoms with Gasteiger partial charge in [-0.25, -0.2) is 0 Å². The van der Waals surface area contributed by atoms with E-state index in [2.05, 4.69) is 26.0 Å². The molecular formula is C20H23NO2. The van der Waals surface area contributed by atoms with Gasteiger partial charge in [-0.05, 0) is 45.7 Å². The lowest BCUT2D eigenvalue weighted by molar-refractivity contribution is -0.145. The molecule has 4 aliphatic rings. The van der Waals surface area contributed by atoms with E-state index in [-0.39, 0.29) is 35.5 Å². The molecule has 2 amide bonds. The number of likely N-dealkylation sites (tertiary alicyclic amines) is 1. The van der Waals surface area contributed by atoms with Gasteiger partial charge in [0.1, 0.15) is 0 Å². The van der Waals surface area contributed by atoms with Crippen molar-refractivity contribution in [3.63, 3.8) is 0 Å². The van der Waals surface area contributed by atoms with Crippen LogP contribution in [0.1, 0.15) is 57.6 Å². The average Bonchev–Trinajstić information content (AvgIpc) is 2.74. The normalized spacial score (nSPS) is 32.5. The van der Waals surface area contributed by atoms with Gasteiger partial charge in [-0.3, -0.25) is 14.5 Å². The maximum atomic E-state index is 13.1. The van der Waals surface area contributed by atoms with E-state index < -0.39 is 5.54 Å². The average molecular weight is 309 g/mol. The van der Waals surface area contributed by atoms with Crippen LogP contribution in [0.4, 0.5) is 0 Å². The highest BCUT2D eigenvalue weighted by atomic mass is 16.2. The van der Waals surface area contributed by atoms with Gasteiger partial charge in [0.2, 0.25) is 11.8 Å². The Bertz CT molecular complexity index is 711. The fraction of sp³-hybridized carbons (Fsp3) is 0.500. The second-order valence-electron chi connectivity index (χ2n) is 8.18. The number of benzene rings is 1. The molecular weight excluding hydrogens is 286 g/mol. The van der Waals surface area contributed by atoms with Crippen LogP contribution < -0.4 is 0 Å². The highest BCUT2D eigenvalue weighted by Crippen LogP contribution is 2.61. The molecule has 0 spiro atoms. The predicted molar refractivity (Wildman–Crippen MR) is 88.9 cm³/mol. The number of carbonyl (C=O) groups is 2. The standard InChI is InChI=1S/C20H23NO2/c1-10-11(2)15-13-9-7-6-8-12(13)14(10)16-17(15)19(23)21(18(16)22)20(3,4)5/h6-9,14-17H,1-5H3/t14-,15+,16-,17+. The topological polar surface area (TPSA) is 37.4 Å². The van der Waals surface area contributed by atoms with E-state index in [0.717, 1.165) is 0 Å². The molecule has 1 aromatic carbocycles. The molecule has 3 heteroatoms. The largest absolute Gasteiger partial charge is 0.277 e. The lowest BCUT2D eigenvalue weighted by atomic mass is 9.55. The molecule has 0 unspecified atom stereocenters. The minimum Gasteiger partial charge on any atom is -0.277 e. The molecule has 120 valence electrons. The summed E-state index contributed by atoms with van der Waals surface area (Å²) in [4.78, 5) is 27.8. The maximum absolute atomic E-state index is 13.1. The monoisotopic (exact) mass is 309 g/mol. The quantitative estimate of drug-likeness (QED) is 0.542. The van der Waals surface area contributed by atoms with Gasteiger partial charge in [0.15, 0.2) is 0 Å². The van der Waals surface area contributed by atoms with Crippen molar-refractivity contribution in [2.24, 2.45) is 11.8 Å². The van der Waals surface area contributed by atoms with Crippen molar-refractivity contribution in [1.29, 1.82) is 0 Å². The summed E-state index contributed by atoms with van der Waals surface area (Å²) >= 11 is 0. The third-order valence-electron chi connectivity index (χ3n) is 6.01. The first-order chi connectivity index (χ1) is 10.7. The number of carbonyl (C=O) groups excluding carboxylic acids is 2. The Morgan fingerprint density at radius 2 is 1.22 bits per heavy atom. The Labute approximate surface area is 137 Å². The molecule has 0 N–H and O–H groups in total. The molecule has 1 aliphatic heterocycles. The third-order valence-corrected chi connectivity index (χ3v) is 6.01. The van der Waals surface area contributed by atoms with Gasteiger partial charge in [0.05, 0.1) is 11.8 Å². The van der Waals surface area contributed by atoms with Crippen molar-refractivity contribution in [3.8, 4) is 0 Å². The Balaban J connectivity index is 1.94. The number of allylic oxidation sites excluding steroid dienone is 2. The Hall–Kier alpha value is -1.90. The second kappa shape index (κ2) is 4.34. The number of hydrogen-bond donors (Lipinski definition) is 0. The van der Waals surface area contributed by atoms with E-state index in [1.807, 2.05) is 32.9 Å². The van der Waals surface area contributed by atoms with Crippen LogP contribution in [0.2, 0.25) is 0 Å². The molecule has 0 saturated carbocycles. The summed E-state index contributed by atoms with van der Waals surface area (Å²) in [6, 6.07) is 8.35. The molecule has 1 saturated heterocycles. The number of amides is 2. The maximum Gasteiger partial charge on any atom is 0.234 e. The van der Waals surface area contributed by atoms with E-state index in [9.17, 15) is 9.59 Å². The highest BCUT2D eigenvalue weighted by Gasteiger charge is 2.62. The summed E-state index contributed by atoms with van der Waals surface area (Å²) in [5.74, 6) is -0.279. The predicted octanol–water partition coefficient (Wildman–Crippen LogP) is 3.62. The minimum absolute atomic E-state index is 0.0175. The Morgan fingerprint density at radius 3 is 1.57 bits per heavy atom. The fourth-order valence-corrected chi connectivity index (χ4v) is 5.03. The van der Waals surface area contributed by atoms with Crippen LogP contribution in [0.25, 0.3) is 0 Å². The third kappa shape index (κ3) is 1.65. The number of imide groups is 1. The number of rotatable bonds is 0. The molecule has 3 aliphatic carbocycles. The number of hydrogen-bond acceptors (Lipinski definition) is 2. The van der Waals surface area contributed by atoms with E-state index in [1.54, 1.807) is 0 Å². The summed E-state index contributed by atoms with van der Waals surface area (Å²) in [5, 5.41) is 0. The van der Waals surface area contributed by atoms with Crippen molar-refractivity contribution in [1.82, 2.24) is 4.90 Å². The molecule has 1 heterocycles. The van der Waals surface area contributed by atoms with Crippen LogP contribution in [0, 0.1) is 11.8 Å². The van der Waals surface area contributed by atoms with Crippen LogP contribution >= 0.6 is 0 Å². The van der Waals surface area contributed by atoms with Crippen LogP contribution in [0.5, 0.6) is 0 Å². The van der Waals surface area contributed by atoms with E-state index in [0.29, 0.717) is 0 Å². The second-order valence-corrected chi connectivity index (χ2v) is 8.18. The molecule has 5 rings (SSSR count). The van der Waals surface area contributed by atoms with E-state index >= 15 is 0 Å². The lowest BCUT2D eigenvalue weighted by Crippen LogP contribution is -2.46. The van der Waals surface area contributed by atoms with Gasteiger partial charge in [-0.1, -0.05) is 35.4 Å². The summed E-state index contributed by atoms with van der Waals surface area (Å²) in [6.07, 6.45) is 0. The van der Waals surface area contributed by atoms with Crippen LogP contribution in [0.15, 0.2) is 35.4 Å². The van der Waals surface area contributed by atoms with Gasteiger partial charge in [-0.2, -0.15) is 0 Å². The fourth-order valence-electron chi connectivity index (χ4n) is 5.03. The molecule has 0 aromatic heterocycles. The Morgan fingerprint density at radius 1 is 0.826 bits per heavy atom. The van der Waals surface area contributed by atoms with Gasteiger partial charge in [0, 0.05) is 17.4 Å². The molecule has 1 aromatic rings. The zero-order valence-corrected chi connectivity index (χ0v) is 14.4. The molecule has 1 fully saturated rings. The molecule has 4 atom stereocenters. The molecule has 3 nitrogen and oxygen atoms in total. The van der Waals surface area contributed by atoms with Gasteiger partial charge >= 0.3 is 0 Å². The van der Waals surface area contributed by atoms with Gasteiger partial charge in [-0.15, -0.1) is 0 Å². The molecule has 23 heavy (non-hydrogen) atoms. The van der Waals surface area contributed by atoms with Crippen LogP contribution in [0.3, 0.4) is 0 Å². The summed E-state index contributed by atoms with van der Waals surface area (Å²) in [7, 11) is 0. The van der Waals surface area contributed by atoms with Gasteiger partial charge in [0.25, 0.3) is 0 Å². The van der Waals surface area contributed by atoms with Crippen molar-refractivity contribution in [2.45, 2.75) is 52.0 Å². The SMILES string of the molecule is CC1=C(C)[C@H]2c3ccccc3[C@@H]1[C@H]1C(=O)N(C(C)(C)C)C(=O)[C@H]12. The van der Waals surface area contributed by atoms with Crippen molar-refractivity contribution >= 4 is 11.8 Å². The number of nitrogens with zero attached hydrogens (tertiary/aromatic N) is 1. The summed E-state index contributed by atoms with van der Waals surface area (Å²) in [6.45, 7) is 10.1. The first-order valence-corrected chi connectivity index (χ1v) is 8.39. The molecule has 0 radical (unpaired) electrons. The summed E-state index contributed by atoms with van der Waals surface area (Å²) < 4.78 is 0. The molecule has 2 bridgehead atoms. The lowest BCUT2D eigenvalue weighted by Gasteiger charge is -2.46. The van der Waals surface area contributed by atoms with Crippen molar-refractivity contribution < 1.29 is 9.59 Å². The smallest absolute Gasteiger partial charge is 0.234 e. The van der Waals surface area contributed by atoms with E-state index in [1.165, 1.54) is 27.2 Å². The Kier molecular flexibility index (Phi) is 2.77. The van der Waals surface area contributed by atoms with Crippen molar-refractivity contribution in [2.75, 3.05) is 0 Å². The zero-order chi connectivity index (χ0) is 16.7. The minimum atomic E-state index is -0.459. The van der Waals surface area contributed by atoms with Crippen molar-refractivity contribution in [3.05, 3.63) is 46.5 Å².